The number of sulfone groups is 1. The molecule has 3 nitrogen and oxygen atoms in total. The Bertz CT molecular complexity index is 734. The summed E-state index contributed by atoms with van der Waals surface area (Å²) in [6.45, 7) is 3.74. The first-order valence-electron chi connectivity index (χ1n) is 6.53. The summed E-state index contributed by atoms with van der Waals surface area (Å²) in [5.41, 5.74) is 2.40. The number of aliphatic hydroxyl groups excluding tert-OH is 1. The van der Waals surface area contributed by atoms with Crippen molar-refractivity contribution >= 4 is 9.84 Å². The number of benzene rings is 2. The molecule has 1 unspecified atom stereocenters. The third kappa shape index (κ3) is 3.68. The third-order valence-electron chi connectivity index (χ3n) is 3.18. The van der Waals surface area contributed by atoms with E-state index in [1.54, 1.807) is 12.1 Å². The van der Waals surface area contributed by atoms with Crippen molar-refractivity contribution in [2.24, 2.45) is 0 Å². The van der Waals surface area contributed by atoms with Gasteiger partial charge in [-0.2, -0.15) is 0 Å². The first-order valence-corrected chi connectivity index (χ1v) is 8.18. The van der Waals surface area contributed by atoms with Crippen LogP contribution in [0.15, 0.2) is 47.4 Å². The van der Waals surface area contributed by atoms with Crippen molar-refractivity contribution in [3.63, 3.8) is 0 Å². The fourth-order valence-electron chi connectivity index (χ4n) is 2.29. The minimum Gasteiger partial charge on any atom is -0.387 e. The summed E-state index contributed by atoms with van der Waals surface area (Å²) in [7, 11) is -3.89. The van der Waals surface area contributed by atoms with Gasteiger partial charge in [0.25, 0.3) is 0 Å². The normalized spacial score (nSPS) is 13.1. The lowest BCUT2D eigenvalue weighted by Crippen LogP contribution is -2.16. The van der Waals surface area contributed by atoms with Crippen LogP contribution in [-0.4, -0.2) is 19.3 Å². The molecule has 1 N–H and O–H groups in total. The highest BCUT2D eigenvalue weighted by atomic mass is 32.2. The molecule has 0 aliphatic rings. The van der Waals surface area contributed by atoms with Crippen molar-refractivity contribution in [1.82, 2.24) is 0 Å². The van der Waals surface area contributed by atoms with E-state index < -0.39 is 27.5 Å². The van der Waals surface area contributed by atoms with E-state index in [1.165, 1.54) is 18.2 Å². The second-order valence-electron chi connectivity index (χ2n) is 5.15. The van der Waals surface area contributed by atoms with Crippen LogP contribution in [0.2, 0.25) is 0 Å². The Balaban J connectivity index is 2.30. The van der Waals surface area contributed by atoms with Gasteiger partial charge < -0.3 is 5.11 Å². The lowest BCUT2D eigenvalue weighted by Gasteiger charge is -2.13. The van der Waals surface area contributed by atoms with Crippen LogP contribution in [0.4, 0.5) is 4.39 Å². The second-order valence-corrected chi connectivity index (χ2v) is 7.15. The van der Waals surface area contributed by atoms with Gasteiger partial charge in [0.1, 0.15) is 10.7 Å². The Labute approximate surface area is 124 Å². The maximum Gasteiger partial charge on any atom is 0.184 e. The summed E-state index contributed by atoms with van der Waals surface area (Å²) in [5, 5.41) is 10.2. The van der Waals surface area contributed by atoms with E-state index in [-0.39, 0.29) is 4.90 Å². The van der Waals surface area contributed by atoms with Crippen LogP contribution in [0, 0.1) is 19.7 Å². The van der Waals surface area contributed by atoms with Gasteiger partial charge >= 0.3 is 0 Å². The van der Waals surface area contributed by atoms with Gasteiger partial charge in [-0.15, -0.1) is 0 Å². The molecular formula is C16H17FO3S. The molecule has 0 aliphatic heterocycles. The van der Waals surface area contributed by atoms with Gasteiger partial charge in [0.05, 0.1) is 11.9 Å². The molecule has 112 valence electrons. The highest BCUT2D eigenvalue weighted by Gasteiger charge is 2.23. The molecule has 0 aromatic heterocycles. The fraction of sp³-hybridized carbons (Fsp3) is 0.250. The quantitative estimate of drug-likeness (QED) is 0.945. The smallest absolute Gasteiger partial charge is 0.184 e. The predicted octanol–water partition coefficient (Wildman–Crippen LogP) is 2.95. The summed E-state index contributed by atoms with van der Waals surface area (Å²) in [6, 6.07) is 10.6. The molecule has 2 aromatic rings. The number of rotatable bonds is 4. The van der Waals surface area contributed by atoms with Crippen molar-refractivity contribution < 1.29 is 17.9 Å². The molecule has 1 atom stereocenters. The van der Waals surface area contributed by atoms with Gasteiger partial charge in [-0.25, -0.2) is 12.8 Å². The van der Waals surface area contributed by atoms with Gasteiger partial charge in [0.15, 0.2) is 9.84 Å². The molecule has 2 aromatic carbocycles. The Morgan fingerprint density at radius 2 is 1.67 bits per heavy atom. The van der Waals surface area contributed by atoms with Crippen LogP contribution in [0.3, 0.4) is 0 Å². The summed E-state index contributed by atoms with van der Waals surface area (Å²) >= 11 is 0. The molecule has 0 bridgehead atoms. The van der Waals surface area contributed by atoms with Gasteiger partial charge in [-0.1, -0.05) is 41.5 Å². The lowest BCUT2D eigenvalue weighted by atomic mass is 10.0. The number of hydrogen-bond donors (Lipinski definition) is 1. The Morgan fingerprint density at radius 1 is 1.10 bits per heavy atom. The van der Waals surface area contributed by atoms with Crippen molar-refractivity contribution in [3.8, 4) is 0 Å². The van der Waals surface area contributed by atoms with Gasteiger partial charge in [-0.3, -0.25) is 0 Å². The van der Waals surface area contributed by atoms with E-state index in [4.69, 9.17) is 0 Å². The summed E-state index contributed by atoms with van der Waals surface area (Å²) in [5.74, 6) is -1.35. The Kier molecular flexibility index (Phi) is 4.44. The second kappa shape index (κ2) is 5.95. The molecular weight excluding hydrogens is 291 g/mol. The zero-order valence-corrected chi connectivity index (χ0v) is 12.7. The van der Waals surface area contributed by atoms with E-state index in [0.29, 0.717) is 5.56 Å². The van der Waals surface area contributed by atoms with E-state index in [9.17, 15) is 17.9 Å². The Hall–Kier alpha value is -1.72. The van der Waals surface area contributed by atoms with E-state index in [0.717, 1.165) is 17.2 Å². The van der Waals surface area contributed by atoms with Crippen LogP contribution in [0.1, 0.15) is 22.8 Å². The molecule has 0 aliphatic carbocycles. The number of hydrogen-bond acceptors (Lipinski definition) is 3. The minimum absolute atomic E-state index is 0.381. The maximum absolute atomic E-state index is 13.6. The molecule has 0 radical (unpaired) electrons. The largest absolute Gasteiger partial charge is 0.387 e. The van der Waals surface area contributed by atoms with Gasteiger partial charge in [0, 0.05) is 0 Å². The zero-order valence-electron chi connectivity index (χ0n) is 11.9. The first kappa shape index (κ1) is 15.7. The monoisotopic (exact) mass is 308 g/mol. The average Bonchev–Trinajstić information content (AvgIpc) is 2.37. The molecule has 0 amide bonds. The van der Waals surface area contributed by atoms with Gasteiger partial charge in [-0.05, 0) is 31.5 Å². The van der Waals surface area contributed by atoms with Crippen LogP contribution in [0.5, 0.6) is 0 Å². The highest BCUT2D eigenvalue weighted by molar-refractivity contribution is 7.91. The molecule has 0 heterocycles. The van der Waals surface area contributed by atoms with Crippen LogP contribution >= 0.6 is 0 Å². The molecule has 2 rings (SSSR count). The van der Waals surface area contributed by atoms with Crippen molar-refractivity contribution in [2.45, 2.75) is 24.8 Å². The summed E-state index contributed by atoms with van der Waals surface area (Å²) in [6.07, 6.45) is -1.19. The summed E-state index contributed by atoms with van der Waals surface area (Å²) < 4.78 is 38.0. The van der Waals surface area contributed by atoms with E-state index >= 15 is 0 Å². The fourth-order valence-corrected chi connectivity index (χ4v) is 3.73. The van der Waals surface area contributed by atoms with Crippen LogP contribution in [0.25, 0.3) is 0 Å². The van der Waals surface area contributed by atoms with Crippen molar-refractivity contribution in [2.75, 3.05) is 5.75 Å². The first-order chi connectivity index (χ1) is 9.79. The molecule has 0 spiro atoms. The van der Waals surface area contributed by atoms with E-state index in [2.05, 4.69) is 0 Å². The Morgan fingerprint density at radius 3 is 2.24 bits per heavy atom. The summed E-state index contributed by atoms with van der Waals surface area (Å²) in [4.78, 5) is -0.381. The zero-order chi connectivity index (χ0) is 15.6. The van der Waals surface area contributed by atoms with Gasteiger partial charge in [0.2, 0.25) is 0 Å². The number of aryl methyl sites for hydroxylation is 2. The average molecular weight is 308 g/mol. The standard InChI is InChI=1S/C16H17FO3S/c1-11-7-12(2)9-13(8-11)15(18)10-21(19,20)16-6-4-3-5-14(16)17/h3-9,15,18H,10H2,1-2H3. The molecule has 5 heteroatoms. The predicted molar refractivity (Wildman–Crippen MR) is 79.3 cm³/mol. The molecule has 21 heavy (non-hydrogen) atoms. The van der Waals surface area contributed by atoms with Crippen molar-refractivity contribution in [3.05, 3.63) is 65.0 Å². The SMILES string of the molecule is Cc1cc(C)cc(C(O)CS(=O)(=O)c2ccccc2F)c1. The lowest BCUT2D eigenvalue weighted by molar-refractivity contribution is 0.201. The number of halogens is 1. The molecule has 0 saturated heterocycles. The van der Waals surface area contributed by atoms with E-state index in [1.807, 2.05) is 19.9 Å². The van der Waals surface area contributed by atoms with Crippen molar-refractivity contribution in [1.29, 1.82) is 0 Å². The highest BCUT2D eigenvalue weighted by Crippen LogP contribution is 2.23. The number of aliphatic hydroxyl groups is 1. The third-order valence-corrected chi connectivity index (χ3v) is 4.93. The minimum atomic E-state index is -3.89. The maximum atomic E-state index is 13.6. The molecule has 0 fully saturated rings. The van der Waals surface area contributed by atoms with Crippen LogP contribution < -0.4 is 0 Å². The topological polar surface area (TPSA) is 54.4 Å². The molecule has 0 saturated carbocycles. The van der Waals surface area contributed by atoms with Crippen LogP contribution in [-0.2, 0) is 9.84 Å².